The van der Waals surface area contributed by atoms with Crippen molar-refractivity contribution >= 4 is 11.6 Å². The zero-order valence-electron chi connectivity index (χ0n) is 15.2. The van der Waals surface area contributed by atoms with Crippen molar-refractivity contribution in [3.05, 3.63) is 71.1 Å². The number of ether oxygens (including phenoxy) is 2. The number of hydrogen-bond acceptors (Lipinski definition) is 4. The number of aromatic nitrogens is 2. The first kappa shape index (κ1) is 18.0. The second-order valence-corrected chi connectivity index (χ2v) is 6.99. The third-order valence-electron chi connectivity index (χ3n) is 4.77. The van der Waals surface area contributed by atoms with E-state index in [0.29, 0.717) is 6.61 Å². The summed E-state index contributed by atoms with van der Waals surface area (Å²) < 4.78 is 13.6. The van der Waals surface area contributed by atoms with E-state index in [4.69, 9.17) is 21.1 Å². The molecule has 1 N–H and O–H groups in total. The van der Waals surface area contributed by atoms with Crippen LogP contribution >= 0.6 is 11.6 Å². The number of nitrogens with one attached hydrogen (secondary N) is 1. The molecule has 27 heavy (non-hydrogen) atoms. The Morgan fingerprint density at radius 3 is 3.00 bits per heavy atom. The second-order valence-electron chi connectivity index (χ2n) is 6.56. The molecule has 0 spiro atoms. The maximum atomic E-state index is 6.15. The summed E-state index contributed by atoms with van der Waals surface area (Å²) >= 11 is 6.15. The van der Waals surface area contributed by atoms with E-state index in [9.17, 15) is 0 Å². The Balaban J connectivity index is 1.42. The van der Waals surface area contributed by atoms with Crippen molar-refractivity contribution in [3.8, 4) is 17.0 Å². The molecule has 0 amide bonds. The smallest absolute Gasteiger partial charge is 0.135 e. The van der Waals surface area contributed by atoms with Crippen molar-refractivity contribution in [1.29, 1.82) is 0 Å². The fourth-order valence-corrected chi connectivity index (χ4v) is 3.59. The van der Waals surface area contributed by atoms with Crippen LogP contribution in [0.25, 0.3) is 11.3 Å². The molecule has 1 unspecified atom stereocenters. The van der Waals surface area contributed by atoms with Gasteiger partial charge in [0.25, 0.3) is 0 Å². The molecule has 1 aliphatic rings. The van der Waals surface area contributed by atoms with E-state index in [2.05, 4.69) is 27.0 Å². The van der Waals surface area contributed by atoms with Gasteiger partial charge in [0.15, 0.2) is 0 Å². The number of hydrogen-bond donors (Lipinski definition) is 1. The van der Waals surface area contributed by atoms with Crippen LogP contribution in [0.2, 0.25) is 5.02 Å². The Kier molecular flexibility index (Phi) is 5.43. The van der Waals surface area contributed by atoms with Crippen LogP contribution in [0.5, 0.6) is 5.75 Å². The van der Waals surface area contributed by atoms with Gasteiger partial charge in [0.05, 0.1) is 31.6 Å². The van der Waals surface area contributed by atoms with Crippen LogP contribution in [-0.2, 0) is 24.4 Å². The molecule has 0 saturated carbocycles. The van der Waals surface area contributed by atoms with Crippen molar-refractivity contribution in [2.45, 2.75) is 25.8 Å². The van der Waals surface area contributed by atoms with E-state index in [1.807, 2.05) is 42.6 Å². The number of imidazole rings is 1. The van der Waals surface area contributed by atoms with Crippen molar-refractivity contribution in [2.75, 3.05) is 13.7 Å². The fourth-order valence-electron chi connectivity index (χ4n) is 3.40. The van der Waals surface area contributed by atoms with Crippen molar-refractivity contribution in [1.82, 2.24) is 14.9 Å². The Hall–Kier alpha value is -2.34. The summed E-state index contributed by atoms with van der Waals surface area (Å²) in [5.74, 6) is 1.85. The van der Waals surface area contributed by atoms with Gasteiger partial charge in [0.1, 0.15) is 18.2 Å². The van der Waals surface area contributed by atoms with E-state index in [0.717, 1.165) is 53.1 Å². The van der Waals surface area contributed by atoms with E-state index in [1.165, 1.54) is 0 Å². The molecule has 0 aliphatic carbocycles. The minimum Gasteiger partial charge on any atom is -0.496 e. The molecule has 1 aliphatic heterocycles. The SMILES string of the molecule is COc1ccccc1CNCC1Cn2c(-c3cccc(Cl)c3)cnc2CO1. The molecule has 4 rings (SSSR count). The number of nitrogens with zero attached hydrogens (tertiary/aromatic N) is 2. The average Bonchev–Trinajstić information content (AvgIpc) is 3.12. The molecule has 6 heteroatoms. The summed E-state index contributed by atoms with van der Waals surface area (Å²) in [5.41, 5.74) is 3.29. The molecule has 1 aromatic heterocycles. The quantitative estimate of drug-likeness (QED) is 0.701. The van der Waals surface area contributed by atoms with Crippen LogP contribution in [0.3, 0.4) is 0 Å². The molecular weight excluding hydrogens is 362 g/mol. The van der Waals surface area contributed by atoms with Crippen LogP contribution in [0.1, 0.15) is 11.4 Å². The number of fused-ring (bicyclic) bond motifs is 1. The zero-order valence-corrected chi connectivity index (χ0v) is 15.9. The third kappa shape index (κ3) is 4.00. The first-order chi connectivity index (χ1) is 13.2. The highest BCUT2D eigenvalue weighted by molar-refractivity contribution is 6.30. The van der Waals surface area contributed by atoms with E-state index in [1.54, 1.807) is 7.11 Å². The number of methoxy groups -OCH3 is 1. The number of benzene rings is 2. The molecule has 3 aromatic rings. The summed E-state index contributed by atoms with van der Waals surface area (Å²) in [4.78, 5) is 4.51. The lowest BCUT2D eigenvalue weighted by Gasteiger charge is -2.26. The van der Waals surface area contributed by atoms with E-state index < -0.39 is 0 Å². The van der Waals surface area contributed by atoms with Gasteiger partial charge in [0, 0.05) is 29.2 Å². The van der Waals surface area contributed by atoms with Crippen LogP contribution in [-0.4, -0.2) is 29.3 Å². The van der Waals surface area contributed by atoms with Gasteiger partial charge < -0.3 is 19.4 Å². The van der Waals surface area contributed by atoms with Gasteiger partial charge in [-0.05, 0) is 18.2 Å². The largest absolute Gasteiger partial charge is 0.496 e. The van der Waals surface area contributed by atoms with Gasteiger partial charge in [-0.1, -0.05) is 41.9 Å². The van der Waals surface area contributed by atoms with E-state index >= 15 is 0 Å². The molecule has 0 fully saturated rings. The molecule has 2 aromatic carbocycles. The Morgan fingerprint density at radius 1 is 1.26 bits per heavy atom. The van der Waals surface area contributed by atoms with Gasteiger partial charge in [-0.2, -0.15) is 0 Å². The third-order valence-corrected chi connectivity index (χ3v) is 5.01. The summed E-state index contributed by atoms with van der Waals surface area (Å²) in [5, 5.41) is 4.20. The van der Waals surface area contributed by atoms with Crippen LogP contribution < -0.4 is 10.1 Å². The monoisotopic (exact) mass is 383 g/mol. The highest BCUT2D eigenvalue weighted by Gasteiger charge is 2.22. The van der Waals surface area contributed by atoms with Gasteiger partial charge >= 0.3 is 0 Å². The van der Waals surface area contributed by atoms with Crippen LogP contribution in [0.4, 0.5) is 0 Å². The first-order valence-corrected chi connectivity index (χ1v) is 9.37. The number of halogens is 1. The van der Waals surface area contributed by atoms with Gasteiger partial charge in [0.2, 0.25) is 0 Å². The minimum absolute atomic E-state index is 0.0827. The zero-order chi connectivity index (χ0) is 18.6. The summed E-state index contributed by atoms with van der Waals surface area (Å²) in [6.45, 7) is 2.77. The van der Waals surface area contributed by atoms with Crippen LogP contribution in [0.15, 0.2) is 54.7 Å². The van der Waals surface area contributed by atoms with Gasteiger partial charge in [-0.3, -0.25) is 0 Å². The highest BCUT2D eigenvalue weighted by atomic mass is 35.5. The highest BCUT2D eigenvalue weighted by Crippen LogP contribution is 2.26. The summed E-state index contributed by atoms with van der Waals surface area (Å²) in [7, 11) is 1.70. The number of para-hydroxylation sites is 1. The Morgan fingerprint density at radius 2 is 2.15 bits per heavy atom. The molecular formula is C21H22ClN3O2. The molecule has 140 valence electrons. The molecule has 0 bridgehead atoms. The summed E-state index contributed by atoms with van der Waals surface area (Å²) in [6, 6.07) is 15.9. The topological polar surface area (TPSA) is 48.3 Å². The average molecular weight is 384 g/mol. The molecule has 5 nitrogen and oxygen atoms in total. The lowest BCUT2D eigenvalue weighted by atomic mass is 10.1. The van der Waals surface area contributed by atoms with Crippen molar-refractivity contribution in [2.24, 2.45) is 0 Å². The fraction of sp³-hybridized carbons (Fsp3) is 0.286. The van der Waals surface area contributed by atoms with Gasteiger partial charge in [-0.25, -0.2) is 4.98 Å². The Bertz CT molecular complexity index is 925. The van der Waals surface area contributed by atoms with Crippen molar-refractivity contribution in [3.63, 3.8) is 0 Å². The standard InChI is InChI=1S/C21H22ClN3O2/c1-26-20-8-3-2-5-16(20)10-23-11-18-13-25-19(12-24-21(25)14-27-18)15-6-4-7-17(22)9-15/h2-9,12,18,23H,10-11,13-14H2,1H3. The predicted octanol–water partition coefficient (Wildman–Crippen LogP) is 3.90. The van der Waals surface area contributed by atoms with Crippen molar-refractivity contribution < 1.29 is 9.47 Å². The lowest BCUT2D eigenvalue weighted by Crippen LogP contribution is -2.36. The maximum absolute atomic E-state index is 6.15. The Labute approximate surface area is 163 Å². The molecule has 0 radical (unpaired) electrons. The molecule has 0 saturated heterocycles. The predicted molar refractivity (Wildman–Crippen MR) is 106 cm³/mol. The summed E-state index contributed by atoms with van der Waals surface area (Å²) in [6.07, 6.45) is 1.98. The second kappa shape index (κ2) is 8.13. The normalized spacial score (nSPS) is 16.1. The first-order valence-electron chi connectivity index (χ1n) is 8.99. The minimum atomic E-state index is 0.0827. The van der Waals surface area contributed by atoms with Gasteiger partial charge in [-0.15, -0.1) is 0 Å². The van der Waals surface area contributed by atoms with Crippen LogP contribution in [0, 0.1) is 0 Å². The lowest BCUT2D eigenvalue weighted by molar-refractivity contribution is 0.00324. The van der Waals surface area contributed by atoms with E-state index in [-0.39, 0.29) is 6.10 Å². The number of rotatable bonds is 6. The maximum Gasteiger partial charge on any atom is 0.135 e. The molecule has 1 atom stereocenters. The molecule has 2 heterocycles.